The molecule has 4 N–H and O–H groups in total. The number of anilines is 2. The van der Waals surface area contributed by atoms with Crippen LogP contribution in [0.25, 0.3) is 0 Å². The zero-order chi connectivity index (χ0) is 14.0. The fourth-order valence-corrected chi connectivity index (χ4v) is 2.44. The lowest BCUT2D eigenvalue weighted by atomic mass is 10.0. The number of nitrogens with one attached hydrogen (secondary N) is 1. The second-order valence-corrected chi connectivity index (χ2v) is 5.88. The number of nitrogens with zero attached hydrogens (tertiary/aromatic N) is 2. The van der Waals surface area contributed by atoms with Crippen molar-refractivity contribution in [3.63, 3.8) is 0 Å². The molecular formula is C14H24N4O. The summed E-state index contributed by atoms with van der Waals surface area (Å²) in [4.78, 5) is 8.81. The summed E-state index contributed by atoms with van der Waals surface area (Å²) in [6, 6.07) is 0. The van der Waals surface area contributed by atoms with Gasteiger partial charge in [-0.1, -0.05) is 26.7 Å². The van der Waals surface area contributed by atoms with Crippen molar-refractivity contribution in [2.45, 2.75) is 58.0 Å². The largest absolute Gasteiger partial charge is 0.388 e. The molecule has 0 aliphatic heterocycles. The number of nitrogens with two attached hydrogens (primary N) is 1. The summed E-state index contributed by atoms with van der Waals surface area (Å²) < 4.78 is 0. The standard InChI is InChI=1S/C14H24N4O/c1-9(2)12-17-11(15)10(3)13(18-12)16-8-14(19)6-4-5-7-14/h9,19H,4-8H2,1-3H3,(H3,15,16,17,18). The molecule has 2 rings (SSSR count). The third-order valence-corrected chi connectivity index (χ3v) is 3.84. The highest BCUT2D eigenvalue weighted by Gasteiger charge is 2.31. The van der Waals surface area contributed by atoms with Crippen LogP contribution in [0, 0.1) is 6.92 Å². The Labute approximate surface area is 114 Å². The molecule has 1 saturated carbocycles. The third kappa shape index (κ3) is 3.15. The Kier molecular flexibility index (Phi) is 3.94. The fraction of sp³-hybridized carbons (Fsp3) is 0.714. The molecule has 0 aromatic carbocycles. The van der Waals surface area contributed by atoms with Gasteiger partial charge in [-0.05, 0) is 19.8 Å². The van der Waals surface area contributed by atoms with E-state index in [1.54, 1.807) is 0 Å². The van der Waals surface area contributed by atoms with E-state index in [9.17, 15) is 5.11 Å². The molecule has 0 saturated heterocycles. The first-order chi connectivity index (χ1) is 8.91. The molecule has 106 valence electrons. The van der Waals surface area contributed by atoms with Gasteiger partial charge in [0.05, 0.1) is 5.60 Å². The van der Waals surface area contributed by atoms with Crippen LogP contribution in [0.2, 0.25) is 0 Å². The smallest absolute Gasteiger partial charge is 0.135 e. The molecular weight excluding hydrogens is 240 g/mol. The molecule has 5 heteroatoms. The maximum absolute atomic E-state index is 10.4. The van der Waals surface area contributed by atoms with Gasteiger partial charge in [0.15, 0.2) is 0 Å². The van der Waals surface area contributed by atoms with Gasteiger partial charge in [0.1, 0.15) is 17.5 Å². The van der Waals surface area contributed by atoms with E-state index in [1.165, 1.54) is 0 Å². The van der Waals surface area contributed by atoms with Crippen LogP contribution >= 0.6 is 0 Å². The Morgan fingerprint density at radius 2 is 1.95 bits per heavy atom. The van der Waals surface area contributed by atoms with Crippen molar-refractivity contribution in [2.75, 3.05) is 17.6 Å². The number of nitrogen functional groups attached to an aromatic ring is 1. The quantitative estimate of drug-likeness (QED) is 0.776. The minimum Gasteiger partial charge on any atom is -0.388 e. The molecule has 0 radical (unpaired) electrons. The lowest BCUT2D eigenvalue weighted by Crippen LogP contribution is -2.34. The number of aliphatic hydroxyl groups is 1. The number of aromatic nitrogens is 2. The molecule has 1 aromatic rings. The van der Waals surface area contributed by atoms with Crippen LogP contribution in [0.15, 0.2) is 0 Å². The lowest BCUT2D eigenvalue weighted by molar-refractivity contribution is 0.0614. The van der Waals surface area contributed by atoms with Crippen LogP contribution in [0.4, 0.5) is 11.6 Å². The minimum atomic E-state index is -0.593. The van der Waals surface area contributed by atoms with Crippen molar-refractivity contribution in [3.05, 3.63) is 11.4 Å². The molecule has 19 heavy (non-hydrogen) atoms. The van der Waals surface area contributed by atoms with E-state index >= 15 is 0 Å². The monoisotopic (exact) mass is 264 g/mol. The third-order valence-electron chi connectivity index (χ3n) is 3.84. The zero-order valence-electron chi connectivity index (χ0n) is 12.0. The summed E-state index contributed by atoms with van der Waals surface area (Å²) in [7, 11) is 0. The SMILES string of the molecule is Cc1c(N)nc(C(C)C)nc1NCC1(O)CCCC1. The molecule has 0 amide bonds. The topological polar surface area (TPSA) is 84.1 Å². The first-order valence-electron chi connectivity index (χ1n) is 7.01. The summed E-state index contributed by atoms with van der Waals surface area (Å²) in [5, 5.41) is 13.6. The Morgan fingerprint density at radius 1 is 1.32 bits per heavy atom. The van der Waals surface area contributed by atoms with Crippen molar-refractivity contribution >= 4 is 11.6 Å². The van der Waals surface area contributed by atoms with Gasteiger partial charge in [-0.2, -0.15) is 0 Å². The molecule has 0 spiro atoms. The molecule has 0 atom stereocenters. The average Bonchev–Trinajstić information content (AvgIpc) is 2.78. The Bertz CT molecular complexity index is 453. The molecule has 1 heterocycles. The van der Waals surface area contributed by atoms with E-state index in [-0.39, 0.29) is 5.92 Å². The number of hydrogen-bond donors (Lipinski definition) is 3. The van der Waals surface area contributed by atoms with Crippen LogP contribution in [0.3, 0.4) is 0 Å². The Hall–Kier alpha value is -1.36. The Morgan fingerprint density at radius 3 is 2.53 bits per heavy atom. The van der Waals surface area contributed by atoms with E-state index in [1.807, 2.05) is 20.8 Å². The second-order valence-electron chi connectivity index (χ2n) is 5.88. The van der Waals surface area contributed by atoms with Crippen molar-refractivity contribution in [2.24, 2.45) is 0 Å². The normalized spacial score (nSPS) is 17.9. The molecule has 1 fully saturated rings. The molecule has 1 aliphatic rings. The van der Waals surface area contributed by atoms with E-state index in [0.29, 0.717) is 12.4 Å². The van der Waals surface area contributed by atoms with Gasteiger partial charge < -0.3 is 16.2 Å². The van der Waals surface area contributed by atoms with Crippen LogP contribution in [-0.4, -0.2) is 27.2 Å². The molecule has 1 aromatic heterocycles. The molecule has 0 unspecified atom stereocenters. The second kappa shape index (κ2) is 5.33. The van der Waals surface area contributed by atoms with Crippen LogP contribution in [0.1, 0.15) is 56.8 Å². The predicted octanol–water partition coefficient (Wildman–Crippen LogP) is 2.21. The van der Waals surface area contributed by atoms with Gasteiger partial charge in [0, 0.05) is 18.0 Å². The van der Waals surface area contributed by atoms with Gasteiger partial charge >= 0.3 is 0 Å². The first kappa shape index (κ1) is 14.1. The van der Waals surface area contributed by atoms with Crippen LogP contribution < -0.4 is 11.1 Å². The maximum atomic E-state index is 10.4. The predicted molar refractivity (Wildman–Crippen MR) is 77.2 cm³/mol. The van der Waals surface area contributed by atoms with Gasteiger partial charge in [0.25, 0.3) is 0 Å². The first-order valence-corrected chi connectivity index (χ1v) is 7.01. The number of rotatable bonds is 4. The van der Waals surface area contributed by atoms with Crippen molar-refractivity contribution in [1.29, 1.82) is 0 Å². The van der Waals surface area contributed by atoms with Gasteiger partial charge in [0.2, 0.25) is 0 Å². The van der Waals surface area contributed by atoms with Crippen LogP contribution in [-0.2, 0) is 0 Å². The van der Waals surface area contributed by atoms with E-state index in [4.69, 9.17) is 5.73 Å². The summed E-state index contributed by atoms with van der Waals surface area (Å²) >= 11 is 0. The minimum absolute atomic E-state index is 0.234. The Balaban J connectivity index is 2.15. The fourth-order valence-electron chi connectivity index (χ4n) is 2.44. The highest BCUT2D eigenvalue weighted by atomic mass is 16.3. The van der Waals surface area contributed by atoms with E-state index in [2.05, 4.69) is 15.3 Å². The molecule has 5 nitrogen and oxygen atoms in total. The highest BCUT2D eigenvalue weighted by Crippen LogP contribution is 2.30. The van der Waals surface area contributed by atoms with Crippen LogP contribution in [0.5, 0.6) is 0 Å². The van der Waals surface area contributed by atoms with Crippen molar-refractivity contribution in [3.8, 4) is 0 Å². The molecule has 0 bridgehead atoms. The van der Waals surface area contributed by atoms with E-state index in [0.717, 1.165) is 42.9 Å². The lowest BCUT2D eigenvalue weighted by Gasteiger charge is -2.23. The summed E-state index contributed by atoms with van der Waals surface area (Å²) in [5.41, 5.74) is 6.18. The van der Waals surface area contributed by atoms with Crippen molar-refractivity contribution < 1.29 is 5.11 Å². The van der Waals surface area contributed by atoms with Gasteiger partial charge in [-0.3, -0.25) is 0 Å². The zero-order valence-corrected chi connectivity index (χ0v) is 12.0. The van der Waals surface area contributed by atoms with E-state index < -0.39 is 5.60 Å². The summed E-state index contributed by atoms with van der Waals surface area (Å²) in [6.07, 6.45) is 3.91. The molecule has 1 aliphatic carbocycles. The maximum Gasteiger partial charge on any atom is 0.135 e. The average molecular weight is 264 g/mol. The van der Waals surface area contributed by atoms with Gasteiger partial charge in [-0.25, -0.2) is 9.97 Å². The number of hydrogen-bond acceptors (Lipinski definition) is 5. The van der Waals surface area contributed by atoms with Gasteiger partial charge in [-0.15, -0.1) is 0 Å². The summed E-state index contributed by atoms with van der Waals surface area (Å²) in [6.45, 7) is 6.51. The van der Waals surface area contributed by atoms with Crippen molar-refractivity contribution in [1.82, 2.24) is 9.97 Å². The highest BCUT2D eigenvalue weighted by molar-refractivity contribution is 5.55. The summed E-state index contributed by atoms with van der Waals surface area (Å²) in [5.74, 6) is 2.23.